The number of aromatic carboxylic acids is 1. The smallest absolute Gasteiger partial charge is 0.339 e. The molecule has 0 aliphatic rings. The summed E-state index contributed by atoms with van der Waals surface area (Å²) >= 11 is 0. The molecule has 0 spiro atoms. The molecule has 0 unspecified atom stereocenters. The number of hydrogen-bond acceptors (Lipinski definition) is 5. The lowest BCUT2D eigenvalue weighted by molar-refractivity contribution is -0.384. The number of non-ortho nitro benzene ring substituents is 1. The molecule has 0 aliphatic heterocycles. The van der Waals surface area contributed by atoms with E-state index in [4.69, 9.17) is 14.3 Å². The fourth-order valence-electron chi connectivity index (χ4n) is 1.48. The Morgan fingerprint density at radius 2 is 2.21 bits per heavy atom. The topological polar surface area (TPSA) is 103 Å². The van der Waals surface area contributed by atoms with Crippen molar-refractivity contribution in [3.63, 3.8) is 0 Å². The molecule has 0 saturated carbocycles. The van der Waals surface area contributed by atoms with E-state index in [1.807, 2.05) is 0 Å². The predicted octanol–water partition coefficient (Wildman–Crippen LogP) is 2.47. The highest BCUT2D eigenvalue weighted by Gasteiger charge is 2.14. The second-order valence-corrected chi connectivity index (χ2v) is 3.61. The first-order valence-electron chi connectivity index (χ1n) is 5.25. The molecule has 0 atom stereocenters. The molecule has 0 aliphatic carbocycles. The lowest BCUT2D eigenvalue weighted by Crippen LogP contribution is -2.02. The maximum Gasteiger partial charge on any atom is 0.339 e. The molecule has 7 nitrogen and oxygen atoms in total. The third kappa shape index (κ3) is 2.89. The third-order valence-electron chi connectivity index (χ3n) is 2.37. The Morgan fingerprint density at radius 1 is 1.42 bits per heavy atom. The third-order valence-corrected chi connectivity index (χ3v) is 2.37. The summed E-state index contributed by atoms with van der Waals surface area (Å²) in [6.07, 6.45) is 1.25. The molecule has 98 valence electrons. The highest BCUT2D eigenvalue weighted by Crippen LogP contribution is 2.21. The number of carboxylic acid groups (broad SMARTS) is 1. The Bertz CT molecular complexity index is 618. The van der Waals surface area contributed by atoms with Crippen LogP contribution in [0.4, 0.5) is 5.69 Å². The lowest BCUT2D eigenvalue weighted by atomic mass is 10.2. The van der Waals surface area contributed by atoms with Gasteiger partial charge in [-0.1, -0.05) is 6.07 Å². The van der Waals surface area contributed by atoms with Crippen LogP contribution in [0.1, 0.15) is 16.1 Å². The fraction of sp³-hybridized carbons (Fsp3) is 0.0833. The molecule has 0 amide bonds. The van der Waals surface area contributed by atoms with Crippen molar-refractivity contribution in [3.8, 4) is 5.75 Å². The molecule has 1 N–H and O–H groups in total. The van der Waals surface area contributed by atoms with Gasteiger partial charge in [-0.2, -0.15) is 0 Å². The Hall–Kier alpha value is -2.83. The summed E-state index contributed by atoms with van der Waals surface area (Å²) < 4.78 is 10.3. The first kappa shape index (κ1) is 12.6. The monoisotopic (exact) mass is 263 g/mol. The first-order chi connectivity index (χ1) is 9.08. The van der Waals surface area contributed by atoms with Gasteiger partial charge in [0.1, 0.15) is 17.9 Å². The fourth-order valence-corrected chi connectivity index (χ4v) is 1.48. The first-order valence-corrected chi connectivity index (χ1v) is 5.25. The second kappa shape index (κ2) is 5.21. The molecule has 19 heavy (non-hydrogen) atoms. The molecule has 1 aromatic heterocycles. The van der Waals surface area contributed by atoms with Crippen LogP contribution >= 0.6 is 0 Å². The average molecular weight is 263 g/mol. The van der Waals surface area contributed by atoms with Crippen molar-refractivity contribution in [2.45, 2.75) is 6.61 Å². The maximum atomic E-state index is 10.8. The number of furan rings is 1. The summed E-state index contributed by atoms with van der Waals surface area (Å²) in [4.78, 5) is 20.9. The van der Waals surface area contributed by atoms with Gasteiger partial charge in [-0.05, 0) is 12.1 Å². The van der Waals surface area contributed by atoms with Crippen LogP contribution < -0.4 is 4.74 Å². The Morgan fingerprint density at radius 3 is 2.89 bits per heavy atom. The number of ether oxygens (including phenoxy) is 1. The van der Waals surface area contributed by atoms with Gasteiger partial charge in [0.15, 0.2) is 5.76 Å². The lowest BCUT2D eigenvalue weighted by Gasteiger charge is -2.04. The van der Waals surface area contributed by atoms with Gasteiger partial charge in [-0.3, -0.25) is 10.1 Å². The predicted molar refractivity (Wildman–Crippen MR) is 63.1 cm³/mol. The van der Waals surface area contributed by atoms with E-state index in [2.05, 4.69) is 0 Å². The molecule has 0 fully saturated rings. The number of carbonyl (C=O) groups is 1. The number of nitro groups is 1. The van der Waals surface area contributed by atoms with E-state index < -0.39 is 10.9 Å². The van der Waals surface area contributed by atoms with E-state index >= 15 is 0 Å². The molecule has 2 aromatic rings. The highest BCUT2D eigenvalue weighted by atomic mass is 16.6. The van der Waals surface area contributed by atoms with E-state index in [1.165, 1.54) is 36.6 Å². The quantitative estimate of drug-likeness (QED) is 0.656. The van der Waals surface area contributed by atoms with Crippen molar-refractivity contribution < 1.29 is 24.0 Å². The molecule has 0 saturated heterocycles. The zero-order valence-electron chi connectivity index (χ0n) is 9.61. The minimum absolute atomic E-state index is 0.00503. The Balaban J connectivity index is 2.10. The van der Waals surface area contributed by atoms with Gasteiger partial charge >= 0.3 is 5.97 Å². The van der Waals surface area contributed by atoms with Gasteiger partial charge in [0.25, 0.3) is 5.69 Å². The van der Waals surface area contributed by atoms with E-state index in [0.717, 1.165) is 0 Å². The van der Waals surface area contributed by atoms with Gasteiger partial charge in [0.05, 0.1) is 17.3 Å². The van der Waals surface area contributed by atoms with Crippen molar-refractivity contribution >= 4 is 11.7 Å². The van der Waals surface area contributed by atoms with Crippen molar-refractivity contribution in [2.24, 2.45) is 0 Å². The van der Waals surface area contributed by atoms with Crippen LogP contribution in [0, 0.1) is 10.1 Å². The van der Waals surface area contributed by atoms with Gasteiger partial charge in [-0.15, -0.1) is 0 Å². The summed E-state index contributed by atoms with van der Waals surface area (Å²) in [5.74, 6) is -0.702. The van der Waals surface area contributed by atoms with Gasteiger partial charge < -0.3 is 14.3 Å². The summed E-state index contributed by atoms with van der Waals surface area (Å²) in [5, 5.41) is 19.4. The number of nitrogens with zero attached hydrogens (tertiary/aromatic N) is 1. The molecule has 7 heteroatoms. The van der Waals surface area contributed by atoms with Gasteiger partial charge in [-0.25, -0.2) is 4.79 Å². The van der Waals surface area contributed by atoms with Crippen LogP contribution in [0.3, 0.4) is 0 Å². The van der Waals surface area contributed by atoms with Crippen LogP contribution in [0.2, 0.25) is 0 Å². The Labute approximate surface area is 107 Å². The van der Waals surface area contributed by atoms with Crippen molar-refractivity contribution in [2.75, 3.05) is 0 Å². The maximum absolute atomic E-state index is 10.8. The van der Waals surface area contributed by atoms with Crippen molar-refractivity contribution in [3.05, 3.63) is 58.0 Å². The number of benzene rings is 1. The SMILES string of the molecule is O=C(O)c1ccoc1COc1cccc([N+](=O)[O-])c1. The van der Waals surface area contributed by atoms with Crippen LogP contribution in [-0.2, 0) is 6.61 Å². The summed E-state index contributed by atoms with van der Waals surface area (Å²) in [7, 11) is 0. The summed E-state index contributed by atoms with van der Waals surface area (Å²) in [5.41, 5.74) is -0.0965. The molecule has 0 bridgehead atoms. The molecule has 2 rings (SSSR count). The van der Waals surface area contributed by atoms with E-state index in [9.17, 15) is 14.9 Å². The average Bonchev–Trinajstić information content (AvgIpc) is 2.85. The number of nitro benzene ring substituents is 1. The van der Waals surface area contributed by atoms with E-state index in [1.54, 1.807) is 0 Å². The van der Waals surface area contributed by atoms with Gasteiger partial charge in [0.2, 0.25) is 0 Å². The van der Waals surface area contributed by atoms with Gasteiger partial charge in [0, 0.05) is 6.07 Å². The second-order valence-electron chi connectivity index (χ2n) is 3.61. The van der Waals surface area contributed by atoms with Crippen molar-refractivity contribution in [1.82, 2.24) is 0 Å². The normalized spacial score (nSPS) is 10.1. The summed E-state index contributed by atoms with van der Waals surface area (Å²) in [6, 6.07) is 6.92. The highest BCUT2D eigenvalue weighted by molar-refractivity contribution is 5.88. The number of carboxylic acids is 1. The number of rotatable bonds is 5. The molecule has 0 radical (unpaired) electrons. The largest absolute Gasteiger partial charge is 0.485 e. The van der Waals surface area contributed by atoms with E-state index in [0.29, 0.717) is 0 Å². The minimum atomic E-state index is -1.12. The zero-order chi connectivity index (χ0) is 13.8. The zero-order valence-corrected chi connectivity index (χ0v) is 9.61. The van der Waals surface area contributed by atoms with E-state index in [-0.39, 0.29) is 29.4 Å². The summed E-state index contributed by atoms with van der Waals surface area (Å²) in [6.45, 7) is -0.115. The molecular weight excluding hydrogens is 254 g/mol. The van der Waals surface area contributed by atoms with Crippen LogP contribution in [-0.4, -0.2) is 16.0 Å². The number of hydrogen-bond donors (Lipinski definition) is 1. The Kier molecular flexibility index (Phi) is 3.46. The molecule has 1 aromatic carbocycles. The molecule has 1 heterocycles. The standard InChI is InChI=1S/C12H9NO6/c14-12(15)10-4-5-18-11(10)7-19-9-3-1-2-8(6-9)13(16)17/h1-6H,7H2,(H,14,15). The molecular formula is C12H9NO6. The van der Waals surface area contributed by atoms with Crippen LogP contribution in [0.5, 0.6) is 5.75 Å². The van der Waals surface area contributed by atoms with Crippen LogP contribution in [0.25, 0.3) is 0 Å². The van der Waals surface area contributed by atoms with Crippen molar-refractivity contribution in [1.29, 1.82) is 0 Å². The van der Waals surface area contributed by atoms with Crippen LogP contribution in [0.15, 0.2) is 41.0 Å². The minimum Gasteiger partial charge on any atom is -0.485 e.